The van der Waals surface area contributed by atoms with Gasteiger partial charge in [0, 0.05) is 61.2 Å². The predicted molar refractivity (Wildman–Crippen MR) is 108 cm³/mol. The third-order valence-electron chi connectivity index (χ3n) is 5.37. The Balaban J connectivity index is 1.91. The van der Waals surface area contributed by atoms with E-state index in [0.717, 1.165) is 57.6 Å². The smallest absolute Gasteiger partial charge is 0.134 e. The van der Waals surface area contributed by atoms with Crippen LogP contribution < -0.4 is 10.6 Å². The van der Waals surface area contributed by atoms with Gasteiger partial charge in [-0.25, -0.2) is 0 Å². The van der Waals surface area contributed by atoms with Gasteiger partial charge < -0.3 is 10.6 Å². The number of rotatable bonds is 5. The van der Waals surface area contributed by atoms with Gasteiger partial charge in [-0.1, -0.05) is 0 Å². The highest BCUT2D eigenvalue weighted by atomic mass is 16.1. The van der Waals surface area contributed by atoms with Crippen molar-refractivity contribution < 1.29 is 4.79 Å². The SMILES string of the molecule is CNc1cc2ncc(C)c(CC(C)=O)c2cc1-c1cn(C2CNC2)nc1C. The van der Waals surface area contributed by atoms with Gasteiger partial charge in [0.2, 0.25) is 0 Å². The van der Waals surface area contributed by atoms with Gasteiger partial charge in [-0.3, -0.25) is 14.5 Å². The molecular weight excluding hydrogens is 338 g/mol. The third-order valence-corrected chi connectivity index (χ3v) is 5.37. The van der Waals surface area contributed by atoms with E-state index in [1.54, 1.807) is 6.92 Å². The Morgan fingerprint density at radius 2 is 2.07 bits per heavy atom. The molecule has 1 fully saturated rings. The second-order valence-corrected chi connectivity index (χ2v) is 7.38. The minimum absolute atomic E-state index is 0.159. The van der Waals surface area contributed by atoms with Crippen molar-refractivity contribution in [1.29, 1.82) is 0 Å². The fraction of sp³-hybridized carbons (Fsp3) is 0.381. The van der Waals surface area contributed by atoms with Crippen LogP contribution in [0.2, 0.25) is 0 Å². The molecule has 140 valence electrons. The van der Waals surface area contributed by atoms with Crippen LogP contribution in [0.4, 0.5) is 5.69 Å². The number of hydrogen-bond donors (Lipinski definition) is 2. The van der Waals surface area contributed by atoms with Crippen molar-refractivity contribution in [2.24, 2.45) is 0 Å². The first-order chi connectivity index (χ1) is 13.0. The first-order valence-electron chi connectivity index (χ1n) is 9.34. The molecule has 0 radical (unpaired) electrons. The molecule has 0 spiro atoms. The van der Waals surface area contributed by atoms with Crippen molar-refractivity contribution in [3.8, 4) is 11.1 Å². The highest BCUT2D eigenvalue weighted by Gasteiger charge is 2.22. The van der Waals surface area contributed by atoms with Gasteiger partial charge in [-0.05, 0) is 44.0 Å². The van der Waals surface area contributed by atoms with E-state index in [2.05, 4.69) is 38.6 Å². The van der Waals surface area contributed by atoms with Gasteiger partial charge in [-0.15, -0.1) is 0 Å². The van der Waals surface area contributed by atoms with E-state index in [9.17, 15) is 4.79 Å². The van der Waals surface area contributed by atoms with E-state index in [4.69, 9.17) is 5.10 Å². The lowest BCUT2D eigenvalue weighted by Gasteiger charge is -2.27. The normalized spacial score (nSPS) is 14.4. The van der Waals surface area contributed by atoms with Crippen molar-refractivity contribution in [3.05, 3.63) is 41.3 Å². The number of aromatic nitrogens is 3. The fourth-order valence-corrected chi connectivity index (χ4v) is 3.70. The predicted octanol–water partition coefficient (Wildman–Crippen LogP) is 3.03. The molecule has 1 aromatic carbocycles. The van der Waals surface area contributed by atoms with Gasteiger partial charge in [0.05, 0.1) is 17.3 Å². The zero-order valence-corrected chi connectivity index (χ0v) is 16.3. The van der Waals surface area contributed by atoms with E-state index in [1.165, 1.54) is 0 Å². The molecule has 2 aromatic heterocycles. The number of carbonyl (C=O) groups excluding carboxylic acids is 1. The maximum absolute atomic E-state index is 11.8. The number of nitrogens with one attached hydrogen (secondary N) is 2. The number of benzene rings is 1. The van der Waals surface area contributed by atoms with Gasteiger partial charge in [-0.2, -0.15) is 5.10 Å². The first kappa shape index (κ1) is 17.7. The van der Waals surface area contributed by atoms with E-state index >= 15 is 0 Å². The summed E-state index contributed by atoms with van der Waals surface area (Å²) in [5, 5.41) is 12.4. The van der Waals surface area contributed by atoms with Crippen molar-refractivity contribution in [2.75, 3.05) is 25.5 Å². The molecule has 2 N–H and O–H groups in total. The minimum Gasteiger partial charge on any atom is -0.388 e. The average molecular weight is 363 g/mol. The van der Waals surface area contributed by atoms with Crippen LogP contribution >= 0.6 is 0 Å². The minimum atomic E-state index is 0.159. The molecule has 3 heterocycles. The molecule has 6 nitrogen and oxygen atoms in total. The number of Topliss-reactive ketones (excluding diaryl/α,β-unsaturated/α-hetero) is 1. The highest BCUT2D eigenvalue weighted by Crippen LogP contribution is 2.36. The zero-order chi connectivity index (χ0) is 19.1. The summed E-state index contributed by atoms with van der Waals surface area (Å²) in [6.07, 6.45) is 4.42. The first-order valence-corrected chi connectivity index (χ1v) is 9.34. The number of ketones is 1. The van der Waals surface area contributed by atoms with Crippen LogP contribution in [0.1, 0.15) is 29.8 Å². The van der Waals surface area contributed by atoms with E-state index in [1.807, 2.05) is 27.1 Å². The molecule has 3 aromatic rings. The van der Waals surface area contributed by atoms with Crippen molar-refractivity contribution in [2.45, 2.75) is 33.2 Å². The Morgan fingerprint density at radius 1 is 1.30 bits per heavy atom. The zero-order valence-electron chi connectivity index (χ0n) is 16.3. The number of fused-ring (bicyclic) bond motifs is 1. The fourth-order valence-electron chi connectivity index (χ4n) is 3.70. The number of anilines is 1. The van der Waals surface area contributed by atoms with Crippen LogP contribution in [-0.4, -0.2) is 40.7 Å². The standard InChI is InChI=1S/C21H25N5O/c1-12-8-24-21-7-20(22-4)18(6-17(21)16(12)5-13(2)27)19-11-26(25-14(19)3)15-9-23-10-15/h6-8,11,15,22-23H,5,9-10H2,1-4H3. The number of aryl methyl sites for hydroxylation is 2. The van der Waals surface area contributed by atoms with Crippen LogP contribution in [0.15, 0.2) is 24.5 Å². The molecule has 0 saturated carbocycles. The second kappa shape index (κ2) is 6.78. The summed E-state index contributed by atoms with van der Waals surface area (Å²) in [6, 6.07) is 4.65. The summed E-state index contributed by atoms with van der Waals surface area (Å²) in [5.74, 6) is 0.159. The maximum Gasteiger partial charge on any atom is 0.134 e. The van der Waals surface area contributed by atoms with Crippen molar-refractivity contribution in [1.82, 2.24) is 20.1 Å². The largest absolute Gasteiger partial charge is 0.388 e. The Bertz CT molecular complexity index is 1030. The Hall–Kier alpha value is -2.73. The lowest BCUT2D eigenvalue weighted by Crippen LogP contribution is -2.43. The van der Waals surface area contributed by atoms with Gasteiger partial charge in [0.1, 0.15) is 5.78 Å². The van der Waals surface area contributed by atoms with E-state index in [0.29, 0.717) is 12.5 Å². The average Bonchev–Trinajstić information content (AvgIpc) is 2.95. The summed E-state index contributed by atoms with van der Waals surface area (Å²) < 4.78 is 2.07. The molecule has 4 rings (SSSR count). The van der Waals surface area contributed by atoms with Crippen LogP contribution in [0.3, 0.4) is 0 Å². The molecule has 0 atom stereocenters. The van der Waals surface area contributed by atoms with Gasteiger partial charge in [0.15, 0.2) is 0 Å². The molecule has 1 aliphatic rings. The van der Waals surface area contributed by atoms with Crippen LogP contribution in [0.25, 0.3) is 22.0 Å². The van der Waals surface area contributed by atoms with Crippen LogP contribution in [-0.2, 0) is 11.2 Å². The number of hydrogen-bond acceptors (Lipinski definition) is 5. The lowest BCUT2D eigenvalue weighted by molar-refractivity contribution is -0.116. The molecule has 0 amide bonds. The molecule has 0 unspecified atom stereocenters. The number of pyridine rings is 1. The third kappa shape index (κ3) is 3.10. The monoisotopic (exact) mass is 363 g/mol. The van der Waals surface area contributed by atoms with E-state index in [-0.39, 0.29) is 5.78 Å². The summed E-state index contributed by atoms with van der Waals surface area (Å²) in [4.78, 5) is 16.4. The van der Waals surface area contributed by atoms with Crippen LogP contribution in [0, 0.1) is 13.8 Å². The Kier molecular flexibility index (Phi) is 4.44. The van der Waals surface area contributed by atoms with Crippen molar-refractivity contribution >= 4 is 22.4 Å². The molecule has 0 bridgehead atoms. The molecule has 1 saturated heterocycles. The van der Waals surface area contributed by atoms with Gasteiger partial charge in [0.25, 0.3) is 0 Å². The molecular formula is C21H25N5O. The maximum atomic E-state index is 11.8. The molecule has 0 aliphatic carbocycles. The van der Waals surface area contributed by atoms with E-state index < -0.39 is 0 Å². The Morgan fingerprint density at radius 3 is 2.70 bits per heavy atom. The summed E-state index contributed by atoms with van der Waals surface area (Å²) >= 11 is 0. The van der Waals surface area contributed by atoms with Crippen LogP contribution in [0.5, 0.6) is 0 Å². The number of carbonyl (C=O) groups is 1. The highest BCUT2D eigenvalue weighted by molar-refractivity contribution is 5.96. The Labute approximate surface area is 159 Å². The van der Waals surface area contributed by atoms with Crippen molar-refractivity contribution in [3.63, 3.8) is 0 Å². The topological polar surface area (TPSA) is 71.8 Å². The molecule has 27 heavy (non-hydrogen) atoms. The number of nitrogens with zero attached hydrogens (tertiary/aromatic N) is 3. The quantitative estimate of drug-likeness (QED) is 0.729. The summed E-state index contributed by atoms with van der Waals surface area (Å²) in [5.41, 5.74) is 7.24. The molecule has 1 aliphatic heterocycles. The summed E-state index contributed by atoms with van der Waals surface area (Å²) in [7, 11) is 1.92. The molecule has 6 heteroatoms. The lowest BCUT2D eigenvalue weighted by atomic mass is 9.95. The van der Waals surface area contributed by atoms with Gasteiger partial charge >= 0.3 is 0 Å². The summed E-state index contributed by atoms with van der Waals surface area (Å²) in [6.45, 7) is 7.62. The second-order valence-electron chi connectivity index (χ2n) is 7.38.